The molecule has 0 aromatic heterocycles. The molecule has 1 aromatic rings. The summed E-state index contributed by atoms with van der Waals surface area (Å²) in [5.41, 5.74) is 3.48. The van der Waals surface area contributed by atoms with Crippen LogP contribution in [0.4, 0.5) is 0 Å². The van der Waals surface area contributed by atoms with Crippen molar-refractivity contribution in [2.24, 2.45) is 0 Å². The largest absolute Gasteiger partial charge is 0.392 e. The Morgan fingerprint density at radius 2 is 1.92 bits per heavy atom. The van der Waals surface area contributed by atoms with Crippen LogP contribution in [0.25, 0.3) is 0 Å². The van der Waals surface area contributed by atoms with Gasteiger partial charge in [-0.15, -0.1) is 0 Å². The molecule has 0 fully saturated rings. The molecule has 0 aliphatic rings. The fourth-order valence-corrected chi connectivity index (χ4v) is 1.11. The predicted octanol–water partition coefficient (Wildman–Crippen LogP) is 1.67. The molecule has 0 aliphatic heterocycles. The number of hydrogen-bond acceptors (Lipinski definition) is 2. The molecule has 1 rings (SSSR count). The maximum atomic E-state index is 8.91. The van der Waals surface area contributed by atoms with Crippen LogP contribution < -0.4 is 0 Å². The first-order valence-corrected chi connectivity index (χ1v) is 3.80. The van der Waals surface area contributed by atoms with E-state index in [1.807, 2.05) is 19.9 Å². The Morgan fingerprint density at radius 3 is 2.42 bits per heavy atom. The highest BCUT2D eigenvalue weighted by atomic mass is 16.3. The number of benzene rings is 1. The Bertz CT molecular complexity index is 336. The highest BCUT2D eigenvalue weighted by molar-refractivity contribution is 5.43. The van der Waals surface area contributed by atoms with Crippen molar-refractivity contribution in [2.45, 2.75) is 20.5 Å². The second-order valence-electron chi connectivity index (χ2n) is 2.86. The highest BCUT2D eigenvalue weighted by Gasteiger charge is 2.02. The fourth-order valence-electron chi connectivity index (χ4n) is 1.11. The maximum Gasteiger partial charge on any atom is 0.0995 e. The second kappa shape index (κ2) is 3.38. The average Bonchev–Trinajstić information content (AvgIpc) is 2.09. The van der Waals surface area contributed by atoms with Crippen LogP contribution in [0.15, 0.2) is 12.1 Å². The van der Waals surface area contributed by atoms with Crippen molar-refractivity contribution in [1.29, 1.82) is 5.26 Å². The molecule has 1 N–H and O–H groups in total. The van der Waals surface area contributed by atoms with E-state index in [1.54, 1.807) is 6.07 Å². The van der Waals surface area contributed by atoms with Crippen LogP contribution in [-0.4, -0.2) is 5.11 Å². The van der Waals surface area contributed by atoms with E-state index in [0.29, 0.717) is 11.1 Å². The van der Waals surface area contributed by atoms with Crippen molar-refractivity contribution >= 4 is 0 Å². The Morgan fingerprint density at radius 1 is 1.33 bits per heavy atom. The molecule has 1 aromatic carbocycles. The van der Waals surface area contributed by atoms with Gasteiger partial charge in [0.15, 0.2) is 0 Å². The van der Waals surface area contributed by atoms with Gasteiger partial charge >= 0.3 is 0 Å². The van der Waals surface area contributed by atoms with Crippen LogP contribution in [0.2, 0.25) is 0 Å². The zero-order chi connectivity index (χ0) is 9.14. The third kappa shape index (κ3) is 1.46. The molecule has 0 radical (unpaired) electrons. The van der Waals surface area contributed by atoms with E-state index in [9.17, 15) is 0 Å². The van der Waals surface area contributed by atoms with Crippen molar-refractivity contribution in [3.8, 4) is 6.07 Å². The number of aliphatic hydroxyl groups excluding tert-OH is 1. The zero-order valence-electron chi connectivity index (χ0n) is 7.26. The Hall–Kier alpha value is -1.33. The number of aliphatic hydroxyl groups is 1. The zero-order valence-corrected chi connectivity index (χ0v) is 7.26. The van der Waals surface area contributed by atoms with Crippen LogP contribution in [-0.2, 0) is 6.61 Å². The van der Waals surface area contributed by atoms with Crippen molar-refractivity contribution in [3.63, 3.8) is 0 Å². The van der Waals surface area contributed by atoms with Crippen LogP contribution in [0.3, 0.4) is 0 Å². The third-order valence-electron chi connectivity index (χ3n) is 2.01. The van der Waals surface area contributed by atoms with E-state index in [0.717, 1.165) is 11.1 Å². The number of hydrogen-bond donors (Lipinski definition) is 1. The molecule has 0 bridgehead atoms. The molecule has 0 atom stereocenters. The van der Waals surface area contributed by atoms with Gasteiger partial charge in [0.05, 0.1) is 18.2 Å². The van der Waals surface area contributed by atoms with Crippen LogP contribution in [0, 0.1) is 25.2 Å². The van der Waals surface area contributed by atoms with Gasteiger partial charge in [-0.3, -0.25) is 0 Å². The van der Waals surface area contributed by atoms with Crippen molar-refractivity contribution in [3.05, 3.63) is 34.4 Å². The molecule has 0 aliphatic carbocycles. The summed E-state index contributed by atoms with van der Waals surface area (Å²) in [6.07, 6.45) is 0. The number of nitrogens with zero attached hydrogens (tertiary/aromatic N) is 1. The fraction of sp³-hybridized carbons (Fsp3) is 0.300. The molecule has 0 unspecified atom stereocenters. The Labute approximate surface area is 72.1 Å². The van der Waals surface area contributed by atoms with Gasteiger partial charge in [-0.1, -0.05) is 6.07 Å². The standard InChI is InChI=1S/C10H11NO/c1-7-3-9(5-11)10(6-12)4-8(7)2/h3-4,12H,6H2,1-2H3. The average molecular weight is 161 g/mol. The monoisotopic (exact) mass is 161 g/mol. The summed E-state index contributed by atoms with van der Waals surface area (Å²) in [7, 11) is 0. The molecule has 2 heteroatoms. The minimum Gasteiger partial charge on any atom is -0.392 e. The van der Waals surface area contributed by atoms with Crippen molar-refractivity contribution in [2.75, 3.05) is 0 Å². The van der Waals surface area contributed by atoms with Gasteiger partial charge in [0.25, 0.3) is 0 Å². The first kappa shape index (κ1) is 8.76. The molecule has 62 valence electrons. The summed E-state index contributed by atoms with van der Waals surface area (Å²) in [6, 6.07) is 5.72. The minimum atomic E-state index is -0.0655. The first-order chi connectivity index (χ1) is 5.69. The first-order valence-electron chi connectivity index (χ1n) is 3.80. The molecular formula is C10H11NO. The van der Waals surface area contributed by atoms with Gasteiger partial charge in [0.1, 0.15) is 0 Å². The Balaban J connectivity index is 3.31. The summed E-state index contributed by atoms with van der Waals surface area (Å²) in [5, 5.41) is 17.6. The van der Waals surface area contributed by atoms with Crippen LogP contribution in [0.5, 0.6) is 0 Å². The second-order valence-corrected chi connectivity index (χ2v) is 2.86. The van der Waals surface area contributed by atoms with Gasteiger partial charge in [-0.2, -0.15) is 5.26 Å². The van der Waals surface area contributed by atoms with E-state index in [2.05, 4.69) is 6.07 Å². The normalized spacial score (nSPS) is 9.50. The summed E-state index contributed by atoms with van der Waals surface area (Å²) in [5.74, 6) is 0. The number of rotatable bonds is 1. The highest BCUT2D eigenvalue weighted by Crippen LogP contribution is 2.14. The van der Waals surface area contributed by atoms with E-state index in [4.69, 9.17) is 10.4 Å². The number of nitriles is 1. The lowest BCUT2D eigenvalue weighted by Crippen LogP contribution is -1.92. The summed E-state index contributed by atoms with van der Waals surface area (Å²) < 4.78 is 0. The molecule has 0 amide bonds. The van der Waals surface area contributed by atoms with Gasteiger partial charge in [-0.05, 0) is 36.6 Å². The third-order valence-corrected chi connectivity index (χ3v) is 2.01. The molecule has 12 heavy (non-hydrogen) atoms. The molecule has 0 saturated heterocycles. The van der Waals surface area contributed by atoms with E-state index in [-0.39, 0.29) is 6.61 Å². The van der Waals surface area contributed by atoms with Crippen LogP contribution >= 0.6 is 0 Å². The molecule has 0 saturated carbocycles. The quantitative estimate of drug-likeness (QED) is 0.680. The van der Waals surface area contributed by atoms with Crippen molar-refractivity contribution in [1.82, 2.24) is 0 Å². The molecule has 0 heterocycles. The lowest BCUT2D eigenvalue weighted by Gasteiger charge is -2.04. The lowest BCUT2D eigenvalue weighted by molar-refractivity contribution is 0.281. The predicted molar refractivity (Wildman–Crippen MR) is 46.6 cm³/mol. The van der Waals surface area contributed by atoms with E-state index < -0.39 is 0 Å². The summed E-state index contributed by atoms with van der Waals surface area (Å²) in [4.78, 5) is 0. The SMILES string of the molecule is Cc1cc(C#N)c(CO)cc1C. The van der Waals surface area contributed by atoms with Gasteiger partial charge < -0.3 is 5.11 Å². The molecular weight excluding hydrogens is 150 g/mol. The minimum absolute atomic E-state index is 0.0655. The Kier molecular flexibility index (Phi) is 2.47. The van der Waals surface area contributed by atoms with Gasteiger partial charge in [-0.25, -0.2) is 0 Å². The van der Waals surface area contributed by atoms with Gasteiger partial charge in [0.2, 0.25) is 0 Å². The summed E-state index contributed by atoms with van der Waals surface area (Å²) in [6.45, 7) is 3.86. The number of aryl methyl sites for hydroxylation is 2. The molecule has 2 nitrogen and oxygen atoms in total. The topological polar surface area (TPSA) is 44.0 Å². The van der Waals surface area contributed by atoms with Crippen molar-refractivity contribution < 1.29 is 5.11 Å². The van der Waals surface area contributed by atoms with E-state index in [1.165, 1.54) is 0 Å². The van der Waals surface area contributed by atoms with Crippen LogP contribution in [0.1, 0.15) is 22.3 Å². The van der Waals surface area contributed by atoms with E-state index >= 15 is 0 Å². The van der Waals surface area contributed by atoms with Gasteiger partial charge in [0, 0.05) is 0 Å². The lowest BCUT2D eigenvalue weighted by atomic mass is 10.0. The summed E-state index contributed by atoms with van der Waals surface area (Å²) >= 11 is 0. The molecule has 0 spiro atoms. The smallest absolute Gasteiger partial charge is 0.0995 e. The maximum absolute atomic E-state index is 8.91.